The third-order valence-corrected chi connectivity index (χ3v) is 3.72. The molecule has 0 aliphatic rings. The topological polar surface area (TPSA) is 74.8 Å². The number of halogens is 4. The van der Waals surface area contributed by atoms with Crippen LogP contribution in [0.5, 0.6) is 5.75 Å². The van der Waals surface area contributed by atoms with Gasteiger partial charge in [-0.3, -0.25) is 9.79 Å². The Morgan fingerprint density at radius 3 is 2.57 bits per heavy atom. The van der Waals surface area contributed by atoms with Gasteiger partial charge in [0, 0.05) is 19.2 Å². The first kappa shape index (κ1) is 25.3. The van der Waals surface area contributed by atoms with E-state index in [4.69, 9.17) is 4.74 Å². The van der Waals surface area contributed by atoms with Gasteiger partial charge in [-0.2, -0.15) is 0 Å². The number of para-hydroxylation sites is 1. The number of carbonyl (C=O) groups is 1. The Kier molecular flexibility index (Phi) is 10.7. The summed E-state index contributed by atoms with van der Waals surface area (Å²) in [5.74, 6) is -4.11. The van der Waals surface area contributed by atoms with Gasteiger partial charge in [-0.25, -0.2) is 13.2 Å². The molecule has 2 aromatic rings. The van der Waals surface area contributed by atoms with Crippen molar-refractivity contribution in [2.45, 2.75) is 6.54 Å². The normalized spacial score (nSPS) is 10.6. The second-order valence-electron chi connectivity index (χ2n) is 5.76. The summed E-state index contributed by atoms with van der Waals surface area (Å²) in [6.45, 7) is 4.07. The molecule has 0 spiro atoms. The SMILES string of the molecule is C=CCOc1ccccc1CNC(=NC)NCC(=O)Nc1ccc(F)c(F)c1F.I. The zero-order valence-corrected chi connectivity index (χ0v) is 18.5. The van der Waals surface area contributed by atoms with Gasteiger partial charge < -0.3 is 20.7 Å². The lowest BCUT2D eigenvalue weighted by Gasteiger charge is -2.14. The molecule has 0 saturated heterocycles. The van der Waals surface area contributed by atoms with Gasteiger partial charge in [-0.15, -0.1) is 24.0 Å². The Balaban J connectivity index is 0.00000450. The van der Waals surface area contributed by atoms with Crippen LogP contribution < -0.4 is 20.7 Å². The molecule has 0 aliphatic heterocycles. The van der Waals surface area contributed by atoms with Gasteiger partial charge >= 0.3 is 0 Å². The van der Waals surface area contributed by atoms with E-state index in [0.717, 1.165) is 17.7 Å². The Morgan fingerprint density at radius 1 is 1.13 bits per heavy atom. The quantitative estimate of drug-likeness (QED) is 0.159. The number of hydrogen-bond acceptors (Lipinski definition) is 3. The van der Waals surface area contributed by atoms with Crippen LogP contribution >= 0.6 is 24.0 Å². The summed E-state index contributed by atoms with van der Waals surface area (Å²) < 4.78 is 45.4. The van der Waals surface area contributed by atoms with E-state index < -0.39 is 29.0 Å². The van der Waals surface area contributed by atoms with Crippen molar-refractivity contribution in [3.8, 4) is 5.75 Å². The number of rotatable bonds is 8. The van der Waals surface area contributed by atoms with E-state index in [1.807, 2.05) is 24.3 Å². The second kappa shape index (κ2) is 12.7. The van der Waals surface area contributed by atoms with Crippen LogP contribution in [0.15, 0.2) is 54.0 Å². The molecule has 10 heteroatoms. The van der Waals surface area contributed by atoms with Gasteiger partial charge in [0.15, 0.2) is 23.4 Å². The molecule has 0 radical (unpaired) electrons. The van der Waals surface area contributed by atoms with Gasteiger partial charge in [-0.05, 0) is 18.2 Å². The largest absolute Gasteiger partial charge is 0.489 e. The van der Waals surface area contributed by atoms with Gasteiger partial charge in [0.25, 0.3) is 0 Å². The number of benzene rings is 2. The summed E-state index contributed by atoms with van der Waals surface area (Å²) >= 11 is 0. The van der Waals surface area contributed by atoms with Crippen LogP contribution in [0.1, 0.15) is 5.56 Å². The van der Waals surface area contributed by atoms with Crippen LogP contribution in [0, 0.1) is 17.5 Å². The van der Waals surface area contributed by atoms with Gasteiger partial charge in [0.1, 0.15) is 12.4 Å². The molecule has 2 rings (SSSR count). The molecule has 0 aromatic heterocycles. The van der Waals surface area contributed by atoms with Crippen LogP contribution in [-0.4, -0.2) is 32.1 Å². The highest BCUT2D eigenvalue weighted by molar-refractivity contribution is 14.0. The van der Waals surface area contributed by atoms with E-state index in [0.29, 0.717) is 24.9 Å². The van der Waals surface area contributed by atoms with Crippen molar-refractivity contribution in [3.05, 3.63) is 72.1 Å². The van der Waals surface area contributed by atoms with E-state index in [-0.39, 0.29) is 30.5 Å². The molecule has 0 fully saturated rings. The molecule has 0 unspecified atom stereocenters. The fraction of sp³-hybridized carbons (Fsp3) is 0.200. The van der Waals surface area contributed by atoms with E-state index in [1.165, 1.54) is 7.05 Å². The second-order valence-corrected chi connectivity index (χ2v) is 5.76. The number of amides is 1. The molecule has 0 heterocycles. The first-order valence-electron chi connectivity index (χ1n) is 8.65. The molecule has 2 aromatic carbocycles. The minimum Gasteiger partial charge on any atom is -0.489 e. The molecule has 30 heavy (non-hydrogen) atoms. The van der Waals surface area contributed by atoms with Crippen LogP contribution in [0.2, 0.25) is 0 Å². The predicted octanol–water partition coefficient (Wildman–Crippen LogP) is 3.59. The summed E-state index contributed by atoms with van der Waals surface area (Å²) in [5.41, 5.74) is 0.414. The Hall–Kier alpha value is -2.76. The third kappa shape index (κ3) is 7.25. The van der Waals surface area contributed by atoms with Crippen molar-refractivity contribution in [3.63, 3.8) is 0 Å². The van der Waals surface area contributed by atoms with Crippen LogP contribution in [0.25, 0.3) is 0 Å². The molecular weight excluding hydrogens is 512 g/mol. The number of guanidine groups is 1. The zero-order valence-electron chi connectivity index (χ0n) is 16.2. The maximum absolute atomic E-state index is 13.6. The monoisotopic (exact) mass is 534 g/mol. The van der Waals surface area contributed by atoms with Crippen molar-refractivity contribution in [1.82, 2.24) is 10.6 Å². The highest BCUT2D eigenvalue weighted by Crippen LogP contribution is 2.19. The fourth-order valence-electron chi connectivity index (χ4n) is 2.32. The van der Waals surface area contributed by atoms with Gasteiger partial charge in [0.2, 0.25) is 5.91 Å². The summed E-state index contributed by atoms with van der Waals surface area (Å²) in [6.07, 6.45) is 1.64. The molecule has 162 valence electrons. The number of carbonyl (C=O) groups excluding carboxylic acids is 1. The smallest absolute Gasteiger partial charge is 0.243 e. The van der Waals surface area contributed by atoms with Crippen molar-refractivity contribution in [2.75, 3.05) is 25.5 Å². The molecule has 6 nitrogen and oxygen atoms in total. The number of anilines is 1. The summed E-state index contributed by atoms with van der Waals surface area (Å²) in [4.78, 5) is 16.0. The number of hydrogen-bond donors (Lipinski definition) is 3. The zero-order chi connectivity index (χ0) is 21.2. The molecule has 3 N–H and O–H groups in total. The minimum atomic E-state index is -1.65. The maximum Gasteiger partial charge on any atom is 0.243 e. The van der Waals surface area contributed by atoms with Crippen molar-refractivity contribution < 1.29 is 22.7 Å². The molecular formula is C20H22F3IN4O2. The fourth-order valence-corrected chi connectivity index (χ4v) is 2.32. The Labute approximate surface area is 189 Å². The minimum absolute atomic E-state index is 0. The first-order valence-corrected chi connectivity index (χ1v) is 8.65. The lowest BCUT2D eigenvalue weighted by Crippen LogP contribution is -2.41. The Bertz CT molecular complexity index is 910. The first-order chi connectivity index (χ1) is 14.0. The van der Waals surface area contributed by atoms with Crippen molar-refractivity contribution in [2.24, 2.45) is 4.99 Å². The average Bonchev–Trinajstić information content (AvgIpc) is 2.73. The van der Waals surface area contributed by atoms with E-state index in [2.05, 4.69) is 27.5 Å². The van der Waals surface area contributed by atoms with E-state index in [1.54, 1.807) is 6.08 Å². The van der Waals surface area contributed by atoms with Crippen LogP contribution in [0.4, 0.5) is 18.9 Å². The van der Waals surface area contributed by atoms with Crippen LogP contribution in [0.3, 0.4) is 0 Å². The molecule has 0 saturated carbocycles. The number of nitrogens with one attached hydrogen (secondary N) is 3. The average molecular weight is 534 g/mol. The lowest BCUT2D eigenvalue weighted by molar-refractivity contribution is -0.115. The number of aliphatic imine (C=N–C) groups is 1. The third-order valence-electron chi connectivity index (χ3n) is 3.72. The highest BCUT2D eigenvalue weighted by Gasteiger charge is 2.15. The van der Waals surface area contributed by atoms with Gasteiger partial charge in [-0.1, -0.05) is 30.9 Å². The number of ether oxygens (including phenoxy) is 1. The summed E-state index contributed by atoms with van der Waals surface area (Å²) in [6, 6.07) is 9.07. The van der Waals surface area contributed by atoms with Crippen LogP contribution in [-0.2, 0) is 11.3 Å². The summed E-state index contributed by atoms with van der Waals surface area (Å²) in [5, 5.41) is 7.94. The summed E-state index contributed by atoms with van der Waals surface area (Å²) in [7, 11) is 1.52. The van der Waals surface area contributed by atoms with E-state index >= 15 is 0 Å². The van der Waals surface area contributed by atoms with E-state index in [9.17, 15) is 18.0 Å². The molecule has 0 aliphatic carbocycles. The van der Waals surface area contributed by atoms with Crippen molar-refractivity contribution >= 4 is 41.5 Å². The molecule has 0 atom stereocenters. The lowest BCUT2D eigenvalue weighted by atomic mass is 10.2. The predicted molar refractivity (Wildman–Crippen MR) is 121 cm³/mol. The van der Waals surface area contributed by atoms with Crippen molar-refractivity contribution in [1.29, 1.82) is 0 Å². The Morgan fingerprint density at radius 2 is 1.87 bits per heavy atom. The number of nitrogens with zero attached hydrogens (tertiary/aromatic N) is 1. The molecule has 1 amide bonds. The standard InChI is InChI=1S/C20H21F3N4O2.HI/c1-3-10-29-16-7-5-4-6-13(16)11-25-20(24-2)26-12-17(28)27-15-9-8-14(21)18(22)19(15)23;/h3-9H,1,10-12H2,2H3,(H,27,28)(H2,24,25,26);1H. The highest BCUT2D eigenvalue weighted by atomic mass is 127. The maximum atomic E-state index is 13.6. The van der Waals surface area contributed by atoms with Gasteiger partial charge in [0.05, 0.1) is 12.2 Å². The molecule has 0 bridgehead atoms.